The molecule has 0 aliphatic heterocycles. The van der Waals surface area contributed by atoms with Crippen molar-refractivity contribution in [2.24, 2.45) is 15.0 Å². The fourth-order valence-corrected chi connectivity index (χ4v) is 4.55. The number of amidine groups is 2. The topological polar surface area (TPSA) is 37.1 Å². The molecule has 162 valence electrons. The Morgan fingerprint density at radius 2 is 1.82 bits per heavy atom. The number of allylic oxidation sites excluding steroid dienone is 3. The Hall–Kier alpha value is -3.85. The van der Waals surface area contributed by atoms with Gasteiger partial charge in [-0.1, -0.05) is 90.5 Å². The normalized spacial score (nSPS) is 15.1. The molecule has 5 rings (SSSR count). The van der Waals surface area contributed by atoms with Gasteiger partial charge in [-0.3, -0.25) is 4.99 Å². The maximum Gasteiger partial charge on any atom is 0.161 e. The highest BCUT2D eigenvalue weighted by atomic mass is 15.0. The summed E-state index contributed by atoms with van der Waals surface area (Å²) in [6, 6.07) is 23.4. The molecule has 0 atom stereocenters. The van der Waals surface area contributed by atoms with E-state index in [0.717, 1.165) is 41.8 Å². The van der Waals surface area contributed by atoms with Crippen LogP contribution in [0.5, 0.6) is 0 Å². The summed E-state index contributed by atoms with van der Waals surface area (Å²) in [5, 5.41) is 0. The molecule has 0 radical (unpaired) electrons. The number of aryl methyl sites for hydroxylation is 1. The van der Waals surface area contributed by atoms with Crippen LogP contribution in [0.25, 0.3) is 11.1 Å². The number of hydrogen-bond acceptors (Lipinski definition) is 1. The van der Waals surface area contributed by atoms with E-state index < -0.39 is 0 Å². The van der Waals surface area contributed by atoms with Crippen LogP contribution in [-0.4, -0.2) is 18.4 Å². The lowest BCUT2D eigenvalue weighted by Gasteiger charge is -2.12. The Balaban J connectivity index is 1.57. The maximum absolute atomic E-state index is 5.00. The zero-order chi connectivity index (χ0) is 22.6. The molecule has 0 N–H and O–H groups in total. The van der Waals surface area contributed by atoms with Crippen molar-refractivity contribution in [1.29, 1.82) is 0 Å². The van der Waals surface area contributed by atoms with Gasteiger partial charge < -0.3 is 0 Å². The standard InChI is InChI=1S/C30H27N3/c1-21-16-17-24-19-28-25(27(24)18-21)14-9-15-26(28)30(31-2)33-29(23-12-7-4-8-13-23)32-20-22-10-5-3-6-11-22/h3-7,9-12,14-18H,2,8,13,19-20H2,1H3. The van der Waals surface area contributed by atoms with E-state index in [9.17, 15) is 0 Å². The predicted molar refractivity (Wildman–Crippen MR) is 140 cm³/mol. The third-order valence-electron chi connectivity index (χ3n) is 6.26. The number of nitrogens with zero attached hydrogens (tertiary/aromatic N) is 3. The molecule has 0 saturated heterocycles. The zero-order valence-electron chi connectivity index (χ0n) is 19.0. The van der Waals surface area contributed by atoms with Gasteiger partial charge in [-0.15, -0.1) is 0 Å². The molecule has 0 unspecified atom stereocenters. The number of hydrogen-bond donors (Lipinski definition) is 0. The number of rotatable bonds is 4. The molecule has 3 aromatic rings. The van der Waals surface area contributed by atoms with Crippen LogP contribution in [0.4, 0.5) is 0 Å². The lowest BCUT2D eigenvalue weighted by Crippen LogP contribution is -2.09. The molecular formula is C30H27N3. The average Bonchev–Trinajstić information content (AvgIpc) is 3.23. The molecular weight excluding hydrogens is 402 g/mol. The summed E-state index contributed by atoms with van der Waals surface area (Å²) in [5.74, 6) is 1.38. The number of aliphatic imine (C=N–C) groups is 3. The van der Waals surface area contributed by atoms with E-state index >= 15 is 0 Å². The summed E-state index contributed by atoms with van der Waals surface area (Å²) >= 11 is 0. The van der Waals surface area contributed by atoms with Gasteiger partial charge in [0.1, 0.15) is 0 Å². The van der Waals surface area contributed by atoms with Crippen molar-refractivity contribution in [2.45, 2.75) is 32.7 Å². The second-order valence-corrected chi connectivity index (χ2v) is 8.55. The fourth-order valence-electron chi connectivity index (χ4n) is 4.55. The van der Waals surface area contributed by atoms with Gasteiger partial charge >= 0.3 is 0 Å². The van der Waals surface area contributed by atoms with Crippen LogP contribution >= 0.6 is 0 Å². The van der Waals surface area contributed by atoms with E-state index in [-0.39, 0.29) is 0 Å². The maximum atomic E-state index is 5.00. The minimum absolute atomic E-state index is 0.586. The third-order valence-corrected chi connectivity index (χ3v) is 6.26. The average molecular weight is 430 g/mol. The van der Waals surface area contributed by atoms with Crippen molar-refractivity contribution < 1.29 is 0 Å². The smallest absolute Gasteiger partial charge is 0.161 e. The first-order valence-corrected chi connectivity index (χ1v) is 11.4. The molecule has 3 nitrogen and oxygen atoms in total. The van der Waals surface area contributed by atoms with Gasteiger partial charge in [0.25, 0.3) is 0 Å². The highest BCUT2D eigenvalue weighted by Gasteiger charge is 2.23. The Morgan fingerprint density at radius 3 is 2.61 bits per heavy atom. The molecule has 0 saturated carbocycles. The molecule has 0 amide bonds. The first-order chi connectivity index (χ1) is 16.2. The summed E-state index contributed by atoms with van der Waals surface area (Å²) in [6.45, 7) is 6.60. The Morgan fingerprint density at radius 1 is 0.939 bits per heavy atom. The van der Waals surface area contributed by atoms with Crippen molar-refractivity contribution in [3.63, 3.8) is 0 Å². The van der Waals surface area contributed by atoms with Crippen molar-refractivity contribution in [3.8, 4) is 11.1 Å². The van der Waals surface area contributed by atoms with Gasteiger partial charge in [0.15, 0.2) is 11.7 Å². The molecule has 0 heterocycles. The summed E-state index contributed by atoms with van der Waals surface area (Å²) < 4.78 is 0. The van der Waals surface area contributed by atoms with E-state index in [1.54, 1.807) is 0 Å². The van der Waals surface area contributed by atoms with Crippen LogP contribution in [0.1, 0.15) is 40.7 Å². The van der Waals surface area contributed by atoms with Crippen molar-refractivity contribution in [2.75, 3.05) is 0 Å². The lowest BCUT2D eigenvalue weighted by molar-refractivity contribution is 0.983. The van der Waals surface area contributed by atoms with E-state index in [1.165, 1.54) is 27.8 Å². The van der Waals surface area contributed by atoms with Crippen LogP contribution in [0.2, 0.25) is 0 Å². The van der Waals surface area contributed by atoms with Crippen molar-refractivity contribution in [1.82, 2.24) is 0 Å². The molecule has 2 aliphatic rings. The molecule has 3 heteroatoms. The van der Waals surface area contributed by atoms with Gasteiger partial charge in [-0.05, 0) is 66.3 Å². The largest absolute Gasteiger partial charge is 0.262 e. The lowest BCUT2D eigenvalue weighted by atomic mass is 9.99. The first-order valence-electron chi connectivity index (χ1n) is 11.4. The van der Waals surface area contributed by atoms with Crippen LogP contribution in [0.15, 0.2) is 106 Å². The number of fused-ring (bicyclic) bond motifs is 3. The Labute approximate surface area is 195 Å². The molecule has 3 aromatic carbocycles. The number of benzene rings is 3. The van der Waals surface area contributed by atoms with Gasteiger partial charge in [0.05, 0.1) is 6.54 Å². The van der Waals surface area contributed by atoms with Crippen LogP contribution in [0.3, 0.4) is 0 Å². The highest BCUT2D eigenvalue weighted by molar-refractivity contribution is 6.14. The third kappa shape index (κ3) is 4.40. The van der Waals surface area contributed by atoms with E-state index in [1.807, 2.05) is 18.2 Å². The summed E-state index contributed by atoms with van der Waals surface area (Å²) in [6.07, 6.45) is 9.20. The second-order valence-electron chi connectivity index (χ2n) is 8.55. The Bertz CT molecular complexity index is 1320. The summed E-state index contributed by atoms with van der Waals surface area (Å²) in [7, 11) is 0. The van der Waals surface area contributed by atoms with Crippen molar-refractivity contribution in [3.05, 3.63) is 118 Å². The minimum atomic E-state index is 0.586. The summed E-state index contributed by atoms with van der Waals surface area (Å²) in [5.41, 5.74) is 9.82. The van der Waals surface area contributed by atoms with E-state index in [0.29, 0.717) is 12.4 Å². The van der Waals surface area contributed by atoms with Crippen molar-refractivity contribution >= 4 is 18.4 Å². The molecule has 0 bridgehead atoms. The quantitative estimate of drug-likeness (QED) is 0.250. The summed E-state index contributed by atoms with van der Waals surface area (Å²) in [4.78, 5) is 14.3. The predicted octanol–water partition coefficient (Wildman–Crippen LogP) is 6.89. The minimum Gasteiger partial charge on any atom is -0.262 e. The van der Waals surface area contributed by atoms with Crippen LogP contribution in [-0.2, 0) is 13.0 Å². The molecule has 0 fully saturated rings. The van der Waals surface area contributed by atoms with Crippen LogP contribution in [0, 0.1) is 6.92 Å². The zero-order valence-corrected chi connectivity index (χ0v) is 19.0. The monoisotopic (exact) mass is 429 g/mol. The van der Waals surface area contributed by atoms with Gasteiger partial charge in [-0.25, -0.2) is 9.98 Å². The SMILES string of the molecule is C=NC(=NC(=NCc1ccccc1)C1=CC=CCC1)c1cccc2c1Cc1ccc(C)cc1-2. The first kappa shape index (κ1) is 21.0. The Kier molecular flexibility index (Phi) is 5.95. The van der Waals surface area contributed by atoms with Crippen LogP contribution < -0.4 is 0 Å². The molecule has 2 aliphatic carbocycles. The second kappa shape index (κ2) is 9.33. The van der Waals surface area contributed by atoms with Gasteiger partial charge in [-0.2, -0.15) is 0 Å². The molecule has 0 spiro atoms. The van der Waals surface area contributed by atoms with E-state index in [2.05, 4.69) is 85.4 Å². The van der Waals surface area contributed by atoms with Gasteiger partial charge in [0.2, 0.25) is 0 Å². The van der Waals surface area contributed by atoms with Gasteiger partial charge in [0, 0.05) is 5.56 Å². The molecule has 0 aromatic heterocycles. The van der Waals surface area contributed by atoms with E-state index in [4.69, 9.17) is 9.98 Å². The fraction of sp³-hybridized carbons (Fsp3) is 0.167. The molecule has 33 heavy (non-hydrogen) atoms. The highest BCUT2D eigenvalue weighted by Crippen LogP contribution is 2.39.